The molecule has 0 aromatic carbocycles. The van der Waals surface area contributed by atoms with Crippen molar-refractivity contribution in [1.82, 2.24) is 19.9 Å². The van der Waals surface area contributed by atoms with Crippen molar-refractivity contribution in [1.29, 1.82) is 0 Å². The lowest BCUT2D eigenvalue weighted by atomic mass is 10.4. The van der Waals surface area contributed by atoms with E-state index in [1.807, 2.05) is 0 Å². The number of carbonyl (C=O) groups is 1. The number of rotatable bonds is 1. The van der Waals surface area contributed by atoms with Crippen molar-refractivity contribution in [2.75, 3.05) is 5.73 Å². The van der Waals surface area contributed by atoms with Crippen LogP contribution in [0.4, 0.5) is 5.82 Å². The van der Waals surface area contributed by atoms with Crippen LogP contribution in [-0.4, -0.2) is 25.9 Å². The summed E-state index contributed by atoms with van der Waals surface area (Å²) < 4.78 is 0. The molecule has 72 valence electrons. The van der Waals surface area contributed by atoms with E-state index in [4.69, 9.17) is 10.6 Å². The lowest BCUT2D eigenvalue weighted by Gasteiger charge is -1.99. The van der Waals surface area contributed by atoms with Crippen LogP contribution in [0, 0.1) is 0 Å². The monoisotopic (exact) mass is 193 g/mol. The Labute approximate surface area is 78.5 Å². The zero-order valence-electron chi connectivity index (χ0n) is 7.34. The first kappa shape index (κ1) is 8.42. The Hall–Kier alpha value is -2.18. The fourth-order valence-corrected chi connectivity index (χ4v) is 1.03. The predicted molar refractivity (Wildman–Crippen MR) is 47.0 cm³/mol. The van der Waals surface area contributed by atoms with Crippen LogP contribution in [0.15, 0.2) is 12.5 Å². The highest BCUT2D eigenvalue weighted by Crippen LogP contribution is 2.13. The van der Waals surface area contributed by atoms with E-state index in [2.05, 4.69) is 15.1 Å². The number of anilines is 1. The van der Waals surface area contributed by atoms with E-state index in [9.17, 15) is 4.79 Å². The summed E-state index contributed by atoms with van der Waals surface area (Å²) in [5, 5.41) is 4.34. The van der Waals surface area contributed by atoms with E-state index in [1.165, 1.54) is 19.4 Å². The maximum Gasteiger partial charge on any atom is 0.332 e. The van der Waals surface area contributed by atoms with Gasteiger partial charge >= 0.3 is 5.97 Å². The average molecular weight is 193 g/mol. The van der Waals surface area contributed by atoms with Crippen molar-refractivity contribution < 1.29 is 9.63 Å². The summed E-state index contributed by atoms with van der Waals surface area (Å²) in [6, 6.07) is 0. The van der Waals surface area contributed by atoms with Gasteiger partial charge in [0.1, 0.15) is 12.1 Å². The molecule has 0 aliphatic carbocycles. The van der Waals surface area contributed by atoms with Gasteiger partial charge in [-0.3, -0.25) is 0 Å². The molecule has 2 heterocycles. The summed E-state index contributed by atoms with van der Waals surface area (Å²) in [6.07, 6.45) is 2.72. The molecular weight excluding hydrogens is 186 g/mol. The third kappa shape index (κ3) is 1.24. The standard InChI is InChI=1S/C7H7N5O2/c1-4(13)14-12-7-5(2-11-12)6(8)9-3-10-7/h2-3H,1H3,(H2,8,9,10). The minimum atomic E-state index is -0.479. The number of nitrogens with zero attached hydrogens (tertiary/aromatic N) is 4. The quantitative estimate of drug-likeness (QED) is 0.648. The number of carbonyl (C=O) groups excluding carboxylic acids is 1. The molecule has 7 heteroatoms. The summed E-state index contributed by atoms with van der Waals surface area (Å²) in [5.41, 5.74) is 5.92. The largest absolute Gasteiger partial charge is 0.383 e. The third-order valence-corrected chi connectivity index (χ3v) is 1.58. The maximum absolute atomic E-state index is 10.7. The predicted octanol–water partition coefficient (Wildman–Crippen LogP) is -0.616. The van der Waals surface area contributed by atoms with Gasteiger partial charge in [-0.25, -0.2) is 14.8 Å². The van der Waals surface area contributed by atoms with Gasteiger partial charge in [0.15, 0.2) is 0 Å². The molecule has 0 fully saturated rings. The molecule has 0 aliphatic rings. The van der Waals surface area contributed by atoms with E-state index >= 15 is 0 Å². The van der Waals surface area contributed by atoms with Crippen LogP contribution < -0.4 is 10.6 Å². The number of nitrogens with two attached hydrogens (primary N) is 1. The summed E-state index contributed by atoms with van der Waals surface area (Å²) in [7, 11) is 0. The molecule has 0 radical (unpaired) electrons. The molecule has 14 heavy (non-hydrogen) atoms. The van der Waals surface area contributed by atoms with E-state index in [-0.39, 0.29) is 0 Å². The average Bonchev–Trinajstić information content (AvgIpc) is 2.49. The van der Waals surface area contributed by atoms with Gasteiger partial charge in [-0.1, -0.05) is 4.85 Å². The van der Waals surface area contributed by atoms with E-state index in [0.717, 1.165) is 4.85 Å². The Kier molecular flexibility index (Phi) is 1.77. The van der Waals surface area contributed by atoms with Crippen LogP contribution in [0.2, 0.25) is 0 Å². The first-order valence-corrected chi connectivity index (χ1v) is 3.81. The first-order valence-electron chi connectivity index (χ1n) is 3.81. The van der Waals surface area contributed by atoms with Crippen molar-refractivity contribution in [2.24, 2.45) is 0 Å². The highest BCUT2D eigenvalue weighted by Gasteiger charge is 2.09. The number of hydrogen-bond acceptors (Lipinski definition) is 6. The molecule has 2 aromatic heterocycles. The fourth-order valence-electron chi connectivity index (χ4n) is 1.03. The molecular formula is C7H7N5O2. The van der Waals surface area contributed by atoms with Gasteiger partial charge in [-0.05, 0) is 0 Å². The Morgan fingerprint density at radius 3 is 3.07 bits per heavy atom. The second-order valence-electron chi connectivity index (χ2n) is 2.60. The van der Waals surface area contributed by atoms with Crippen molar-refractivity contribution in [2.45, 2.75) is 6.92 Å². The molecule has 0 saturated carbocycles. The van der Waals surface area contributed by atoms with Crippen LogP contribution in [0.5, 0.6) is 0 Å². The molecule has 0 aliphatic heterocycles. The number of hydrogen-bond donors (Lipinski definition) is 1. The number of nitrogen functional groups attached to an aromatic ring is 1. The highest BCUT2D eigenvalue weighted by molar-refractivity contribution is 5.84. The van der Waals surface area contributed by atoms with Gasteiger partial charge in [0.2, 0.25) is 5.65 Å². The maximum atomic E-state index is 10.7. The van der Waals surface area contributed by atoms with E-state index < -0.39 is 5.97 Å². The van der Waals surface area contributed by atoms with Crippen LogP contribution in [0.3, 0.4) is 0 Å². The van der Waals surface area contributed by atoms with Gasteiger partial charge in [-0.15, -0.1) is 5.10 Å². The summed E-state index contributed by atoms with van der Waals surface area (Å²) in [6.45, 7) is 1.28. The molecule has 0 amide bonds. The van der Waals surface area contributed by atoms with Crippen LogP contribution in [0.25, 0.3) is 11.0 Å². The van der Waals surface area contributed by atoms with Gasteiger partial charge in [0.25, 0.3) is 0 Å². The van der Waals surface area contributed by atoms with Crippen molar-refractivity contribution in [3.05, 3.63) is 12.5 Å². The van der Waals surface area contributed by atoms with Gasteiger partial charge in [-0.2, -0.15) is 0 Å². The normalized spacial score (nSPS) is 10.4. The molecule has 0 atom stereocenters. The Balaban J connectivity index is 2.58. The smallest absolute Gasteiger partial charge is 0.332 e. The second-order valence-corrected chi connectivity index (χ2v) is 2.60. The van der Waals surface area contributed by atoms with Gasteiger partial charge in [0, 0.05) is 6.92 Å². The van der Waals surface area contributed by atoms with Crippen LogP contribution in [0.1, 0.15) is 6.92 Å². The van der Waals surface area contributed by atoms with Gasteiger partial charge < -0.3 is 10.6 Å². The first-order chi connectivity index (χ1) is 6.68. The highest BCUT2D eigenvalue weighted by atomic mass is 16.7. The fraction of sp³-hybridized carbons (Fsp3) is 0.143. The summed E-state index contributed by atoms with van der Waals surface area (Å²) in [5.74, 6) is -0.180. The van der Waals surface area contributed by atoms with Crippen LogP contribution in [-0.2, 0) is 4.79 Å². The lowest BCUT2D eigenvalue weighted by Crippen LogP contribution is -2.18. The Morgan fingerprint density at radius 2 is 2.36 bits per heavy atom. The zero-order valence-corrected chi connectivity index (χ0v) is 7.34. The minimum absolute atomic E-state index is 0.299. The van der Waals surface area contributed by atoms with E-state index in [0.29, 0.717) is 16.9 Å². The molecule has 2 aromatic rings. The SMILES string of the molecule is CC(=O)On1ncc2c(N)ncnc21. The Morgan fingerprint density at radius 1 is 1.57 bits per heavy atom. The summed E-state index contributed by atoms with van der Waals surface area (Å²) in [4.78, 5) is 24.1. The topological polar surface area (TPSA) is 95.9 Å². The molecule has 0 spiro atoms. The number of aromatic nitrogens is 4. The molecule has 0 saturated heterocycles. The lowest BCUT2D eigenvalue weighted by molar-refractivity contribution is -0.142. The molecule has 0 bridgehead atoms. The van der Waals surface area contributed by atoms with Crippen molar-refractivity contribution in [3.63, 3.8) is 0 Å². The summed E-state index contributed by atoms with van der Waals surface area (Å²) >= 11 is 0. The molecule has 2 rings (SSSR count). The van der Waals surface area contributed by atoms with Crippen molar-refractivity contribution >= 4 is 22.8 Å². The van der Waals surface area contributed by atoms with Crippen molar-refractivity contribution in [3.8, 4) is 0 Å². The number of fused-ring (bicyclic) bond motifs is 1. The minimum Gasteiger partial charge on any atom is -0.383 e. The second kappa shape index (κ2) is 2.95. The van der Waals surface area contributed by atoms with Crippen LogP contribution >= 0.6 is 0 Å². The van der Waals surface area contributed by atoms with E-state index in [1.54, 1.807) is 0 Å². The Bertz CT molecular complexity index is 492. The molecule has 2 N–H and O–H groups in total. The molecule has 7 nitrogen and oxygen atoms in total. The zero-order chi connectivity index (χ0) is 10.1. The van der Waals surface area contributed by atoms with Gasteiger partial charge in [0.05, 0.1) is 11.6 Å². The third-order valence-electron chi connectivity index (χ3n) is 1.58. The molecule has 0 unspecified atom stereocenters.